The molecule has 0 aliphatic rings. The smallest absolute Gasteiger partial charge is 0.251 e. The van der Waals surface area contributed by atoms with Crippen molar-refractivity contribution in [2.24, 2.45) is 0 Å². The van der Waals surface area contributed by atoms with Crippen molar-refractivity contribution >= 4 is 17.5 Å². The first-order valence-electron chi connectivity index (χ1n) is 13.3. The highest BCUT2D eigenvalue weighted by molar-refractivity contribution is 6.01. The maximum Gasteiger partial charge on any atom is 0.251 e. The van der Waals surface area contributed by atoms with Gasteiger partial charge in [-0.1, -0.05) is 72.3 Å². The average Bonchev–Trinajstić information content (AvgIpc) is 3.45. The van der Waals surface area contributed by atoms with Crippen molar-refractivity contribution in [3.05, 3.63) is 125 Å². The summed E-state index contributed by atoms with van der Waals surface area (Å²) in [6.07, 6.45) is 3.23. The monoisotopic (exact) mass is 545 g/mol. The molecule has 0 spiro atoms. The van der Waals surface area contributed by atoms with E-state index in [9.17, 15) is 9.59 Å². The predicted molar refractivity (Wildman–Crippen MR) is 157 cm³/mol. The summed E-state index contributed by atoms with van der Waals surface area (Å²) in [5.74, 6) is -0.258. The number of tetrazole rings is 1. The van der Waals surface area contributed by atoms with Crippen LogP contribution in [-0.4, -0.2) is 37.0 Å². The molecule has 206 valence electrons. The van der Waals surface area contributed by atoms with Crippen molar-refractivity contribution in [3.63, 3.8) is 0 Å². The van der Waals surface area contributed by atoms with E-state index in [-0.39, 0.29) is 18.4 Å². The molecule has 2 heterocycles. The Morgan fingerprint density at radius 1 is 0.878 bits per heavy atom. The van der Waals surface area contributed by atoms with E-state index in [2.05, 4.69) is 25.7 Å². The number of nitrogens with one attached hydrogen (secondary N) is 1. The summed E-state index contributed by atoms with van der Waals surface area (Å²) in [5, 5.41) is 15.8. The normalized spacial score (nSPS) is 11.6. The van der Waals surface area contributed by atoms with Crippen LogP contribution in [0.15, 0.2) is 97.3 Å². The third-order valence-electron chi connectivity index (χ3n) is 6.77. The fraction of sp³-hybridized carbons (Fsp3) is 0.188. The Bertz CT molecular complexity index is 1630. The van der Waals surface area contributed by atoms with Gasteiger partial charge in [0.05, 0.1) is 0 Å². The van der Waals surface area contributed by atoms with Gasteiger partial charge in [0.1, 0.15) is 12.6 Å². The number of anilines is 1. The first-order chi connectivity index (χ1) is 19.9. The zero-order chi connectivity index (χ0) is 28.8. The molecule has 0 bridgehead atoms. The molecule has 2 amide bonds. The average molecular weight is 546 g/mol. The van der Waals surface area contributed by atoms with Crippen molar-refractivity contribution in [2.75, 3.05) is 4.90 Å². The lowest BCUT2D eigenvalue weighted by molar-refractivity contribution is -0.127. The van der Waals surface area contributed by atoms with E-state index in [1.54, 1.807) is 24.5 Å². The Labute approximate surface area is 238 Å². The van der Waals surface area contributed by atoms with Gasteiger partial charge in [-0.15, -0.1) is 10.2 Å². The third kappa shape index (κ3) is 6.52. The summed E-state index contributed by atoms with van der Waals surface area (Å²) in [6, 6.07) is 25.8. The number of rotatable bonds is 9. The minimum atomic E-state index is -0.963. The van der Waals surface area contributed by atoms with E-state index < -0.39 is 6.04 Å². The summed E-state index contributed by atoms with van der Waals surface area (Å²) in [4.78, 5) is 35.0. The molecule has 0 aliphatic heterocycles. The minimum absolute atomic E-state index is 0.209. The van der Waals surface area contributed by atoms with Crippen LogP contribution in [0.1, 0.15) is 33.9 Å². The number of hydrogen-bond donors (Lipinski definition) is 1. The first-order valence-corrected chi connectivity index (χ1v) is 13.3. The van der Waals surface area contributed by atoms with E-state index in [0.717, 1.165) is 27.8 Å². The van der Waals surface area contributed by atoms with Crippen molar-refractivity contribution in [1.29, 1.82) is 0 Å². The van der Waals surface area contributed by atoms with Crippen LogP contribution in [0.4, 0.5) is 5.69 Å². The van der Waals surface area contributed by atoms with Gasteiger partial charge in [-0.3, -0.25) is 19.5 Å². The molecule has 0 saturated heterocycles. The lowest BCUT2D eigenvalue weighted by Crippen LogP contribution is -2.45. The van der Waals surface area contributed by atoms with Crippen LogP contribution in [0.3, 0.4) is 0 Å². The van der Waals surface area contributed by atoms with Crippen LogP contribution >= 0.6 is 0 Å². The molecule has 5 aromatic rings. The number of carbonyl (C=O) groups excluding carboxylic acids is 2. The zero-order valence-electron chi connectivity index (χ0n) is 23.2. The van der Waals surface area contributed by atoms with Gasteiger partial charge in [-0.2, -0.15) is 4.80 Å². The Morgan fingerprint density at radius 2 is 1.59 bits per heavy atom. The van der Waals surface area contributed by atoms with Gasteiger partial charge in [0.2, 0.25) is 11.7 Å². The summed E-state index contributed by atoms with van der Waals surface area (Å²) >= 11 is 0. The number of benzene rings is 3. The predicted octanol–water partition coefficient (Wildman–Crippen LogP) is 4.75. The number of amides is 2. The molecule has 1 N–H and O–H groups in total. The number of nitrogens with zero attached hydrogens (tertiary/aromatic N) is 6. The van der Waals surface area contributed by atoms with Crippen LogP contribution < -0.4 is 10.2 Å². The highest BCUT2D eigenvalue weighted by Gasteiger charge is 2.34. The topological polar surface area (TPSA) is 106 Å². The molecule has 2 aromatic heterocycles. The molecular weight excluding hydrogens is 514 g/mol. The maximum atomic E-state index is 14.2. The molecule has 9 heteroatoms. The van der Waals surface area contributed by atoms with Crippen LogP contribution in [0.2, 0.25) is 0 Å². The van der Waals surface area contributed by atoms with Crippen molar-refractivity contribution < 1.29 is 9.59 Å². The molecule has 0 radical (unpaired) electrons. The van der Waals surface area contributed by atoms with Crippen molar-refractivity contribution in [2.45, 2.75) is 39.9 Å². The lowest BCUT2D eigenvalue weighted by atomic mass is 10.0. The third-order valence-corrected chi connectivity index (χ3v) is 6.77. The first kappa shape index (κ1) is 27.4. The van der Waals surface area contributed by atoms with Crippen molar-refractivity contribution in [3.8, 4) is 11.4 Å². The van der Waals surface area contributed by atoms with E-state index >= 15 is 0 Å². The van der Waals surface area contributed by atoms with Crippen LogP contribution in [0.5, 0.6) is 0 Å². The van der Waals surface area contributed by atoms with Gasteiger partial charge >= 0.3 is 0 Å². The summed E-state index contributed by atoms with van der Waals surface area (Å²) in [6.45, 7) is 5.99. The van der Waals surface area contributed by atoms with Crippen LogP contribution in [0, 0.1) is 20.8 Å². The van der Waals surface area contributed by atoms with E-state index in [1.165, 1.54) is 9.70 Å². The standard InChI is InChI=1S/C32H31N7O2/c1-22-10-13-27(14-11-22)31-35-37-38(36-31)21-29(40)39(28-19-23(2)9-12-24(28)3)30(26-15-17-33-18-16-26)32(41)34-20-25-7-5-4-6-8-25/h4-19,30H,20-21H2,1-3H3,(H,34,41)/t30-/m1/s1. The van der Waals surface area contributed by atoms with Crippen molar-refractivity contribution in [1.82, 2.24) is 30.5 Å². The second-order valence-electron chi connectivity index (χ2n) is 9.95. The number of aromatic nitrogens is 5. The minimum Gasteiger partial charge on any atom is -0.350 e. The summed E-state index contributed by atoms with van der Waals surface area (Å²) in [5.41, 5.74) is 5.95. The Kier molecular flexibility index (Phi) is 8.24. The highest BCUT2D eigenvalue weighted by Crippen LogP contribution is 2.31. The van der Waals surface area contributed by atoms with Gasteiger partial charge < -0.3 is 5.32 Å². The van der Waals surface area contributed by atoms with E-state index in [0.29, 0.717) is 23.6 Å². The van der Waals surface area contributed by atoms with Gasteiger partial charge in [0, 0.05) is 30.2 Å². The van der Waals surface area contributed by atoms with Crippen LogP contribution in [-0.2, 0) is 22.7 Å². The second kappa shape index (κ2) is 12.3. The molecule has 5 rings (SSSR count). The molecule has 41 heavy (non-hydrogen) atoms. The van der Waals surface area contributed by atoms with E-state index in [1.807, 2.05) is 93.6 Å². The number of aryl methyl sites for hydroxylation is 3. The fourth-order valence-electron chi connectivity index (χ4n) is 4.57. The molecule has 3 aromatic carbocycles. The summed E-state index contributed by atoms with van der Waals surface area (Å²) < 4.78 is 0. The number of pyridine rings is 1. The Balaban J connectivity index is 1.51. The van der Waals surface area contributed by atoms with Gasteiger partial charge in [0.15, 0.2) is 0 Å². The molecule has 1 atom stereocenters. The summed E-state index contributed by atoms with van der Waals surface area (Å²) in [7, 11) is 0. The quantitative estimate of drug-likeness (QED) is 0.287. The Morgan fingerprint density at radius 3 is 2.32 bits per heavy atom. The molecular formula is C32H31N7O2. The Hall–Kier alpha value is -5.18. The van der Waals surface area contributed by atoms with Gasteiger partial charge in [0.25, 0.3) is 5.91 Å². The lowest BCUT2D eigenvalue weighted by Gasteiger charge is -2.32. The molecule has 0 fully saturated rings. The molecule has 0 unspecified atom stereocenters. The zero-order valence-corrected chi connectivity index (χ0v) is 23.2. The van der Waals surface area contributed by atoms with E-state index in [4.69, 9.17) is 0 Å². The SMILES string of the molecule is Cc1ccc(-c2nnn(CC(=O)N(c3cc(C)ccc3C)[C@@H](C(=O)NCc3ccccc3)c3ccncc3)n2)cc1. The van der Waals surface area contributed by atoms with Gasteiger partial charge in [-0.05, 0) is 66.4 Å². The largest absolute Gasteiger partial charge is 0.350 e. The molecule has 0 aliphatic carbocycles. The van der Waals surface area contributed by atoms with Crippen LogP contribution in [0.25, 0.3) is 11.4 Å². The van der Waals surface area contributed by atoms with Gasteiger partial charge in [-0.25, -0.2) is 0 Å². The number of carbonyl (C=O) groups is 2. The molecule has 0 saturated carbocycles. The molecule has 9 nitrogen and oxygen atoms in total. The second-order valence-corrected chi connectivity index (χ2v) is 9.95. The highest BCUT2D eigenvalue weighted by atomic mass is 16.2. The maximum absolute atomic E-state index is 14.2. The number of hydrogen-bond acceptors (Lipinski definition) is 6. The fourth-order valence-corrected chi connectivity index (χ4v) is 4.57.